The number of ether oxygens (including phenoxy) is 1. The van der Waals surface area contributed by atoms with Crippen LogP contribution < -0.4 is 15.8 Å². The fourth-order valence-corrected chi connectivity index (χ4v) is 3.44. The van der Waals surface area contributed by atoms with Gasteiger partial charge < -0.3 is 20.7 Å². The highest BCUT2D eigenvalue weighted by atomic mass is 35.5. The lowest BCUT2D eigenvalue weighted by Gasteiger charge is -2.33. The molecule has 1 heterocycles. The Balaban J connectivity index is 0.00000300. The first-order valence-corrected chi connectivity index (χ1v) is 9.58. The van der Waals surface area contributed by atoms with E-state index in [1.807, 2.05) is 54.6 Å². The van der Waals surface area contributed by atoms with Crippen molar-refractivity contribution in [2.75, 3.05) is 20.2 Å². The van der Waals surface area contributed by atoms with Gasteiger partial charge in [0, 0.05) is 25.6 Å². The van der Waals surface area contributed by atoms with E-state index in [-0.39, 0.29) is 30.1 Å². The van der Waals surface area contributed by atoms with Crippen LogP contribution in [-0.2, 0) is 16.1 Å². The number of piperidine rings is 1. The van der Waals surface area contributed by atoms with E-state index < -0.39 is 6.04 Å². The highest BCUT2D eigenvalue weighted by molar-refractivity contribution is 5.85. The fraction of sp³-hybridized carbons (Fsp3) is 0.364. The van der Waals surface area contributed by atoms with Crippen molar-refractivity contribution in [3.63, 3.8) is 0 Å². The number of nitrogens with two attached hydrogens (primary N) is 1. The average molecular weight is 418 g/mol. The SMILES string of the molecule is COc1ccc(CNC(=O)C2CCN(C(=O)C(N)c3ccccc3)CC2)cc1.Cl. The minimum atomic E-state index is -0.651. The van der Waals surface area contributed by atoms with Crippen LogP contribution in [0.1, 0.15) is 30.0 Å². The minimum Gasteiger partial charge on any atom is -0.497 e. The largest absolute Gasteiger partial charge is 0.497 e. The molecule has 0 spiro atoms. The molecule has 2 aromatic carbocycles. The van der Waals surface area contributed by atoms with Crippen LogP contribution in [-0.4, -0.2) is 36.9 Å². The molecule has 1 aliphatic rings. The molecule has 3 N–H and O–H groups in total. The molecular weight excluding hydrogens is 390 g/mol. The summed E-state index contributed by atoms with van der Waals surface area (Å²) < 4.78 is 5.14. The Labute approximate surface area is 177 Å². The molecule has 2 aromatic rings. The summed E-state index contributed by atoms with van der Waals surface area (Å²) in [6.07, 6.45) is 1.31. The van der Waals surface area contributed by atoms with Gasteiger partial charge in [0.2, 0.25) is 11.8 Å². The van der Waals surface area contributed by atoms with Crippen LogP contribution in [0.4, 0.5) is 0 Å². The van der Waals surface area contributed by atoms with Gasteiger partial charge in [0.25, 0.3) is 0 Å². The maximum Gasteiger partial charge on any atom is 0.244 e. The van der Waals surface area contributed by atoms with Crippen molar-refractivity contribution in [3.8, 4) is 5.75 Å². The Bertz CT molecular complexity index is 791. The molecule has 1 fully saturated rings. The Kier molecular flexibility index (Phi) is 8.49. The van der Waals surface area contributed by atoms with Crippen molar-refractivity contribution in [2.24, 2.45) is 11.7 Å². The molecule has 6 nitrogen and oxygen atoms in total. The van der Waals surface area contributed by atoms with Crippen LogP contribution in [0.25, 0.3) is 0 Å². The smallest absolute Gasteiger partial charge is 0.244 e. The lowest BCUT2D eigenvalue weighted by molar-refractivity contribution is -0.136. The molecule has 1 aliphatic heterocycles. The minimum absolute atomic E-state index is 0. The summed E-state index contributed by atoms with van der Waals surface area (Å²) in [5, 5.41) is 2.99. The number of amides is 2. The molecule has 0 saturated carbocycles. The summed E-state index contributed by atoms with van der Waals surface area (Å²) in [6.45, 7) is 1.60. The second kappa shape index (κ2) is 10.8. The van der Waals surface area contributed by atoms with Gasteiger partial charge in [0.15, 0.2) is 0 Å². The number of carbonyl (C=O) groups excluding carboxylic acids is 2. The number of methoxy groups -OCH3 is 1. The third kappa shape index (κ3) is 5.95. The van der Waals surface area contributed by atoms with E-state index in [2.05, 4.69) is 5.32 Å². The third-order valence-corrected chi connectivity index (χ3v) is 5.23. The molecule has 0 aliphatic carbocycles. The molecule has 29 heavy (non-hydrogen) atoms. The molecule has 1 atom stereocenters. The van der Waals surface area contributed by atoms with Gasteiger partial charge in [0.1, 0.15) is 11.8 Å². The van der Waals surface area contributed by atoms with Gasteiger partial charge >= 0.3 is 0 Å². The number of hydrogen-bond donors (Lipinski definition) is 2. The molecule has 7 heteroatoms. The number of halogens is 1. The fourth-order valence-electron chi connectivity index (χ4n) is 3.44. The lowest BCUT2D eigenvalue weighted by atomic mass is 9.95. The van der Waals surface area contributed by atoms with Gasteiger partial charge in [-0.3, -0.25) is 9.59 Å². The van der Waals surface area contributed by atoms with Crippen molar-refractivity contribution in [1.82, 2.24) is 10.2 Å². The molecule has 0 bridgehead atoms. The molecule has 156 valence electrons. The topological polar surface area (TPSA) is 84.7 Å². The van der Waals surface area contributed by atoms with Crippen molar-refractivity contribution in [3.05, 3.63) is 65.7 Å². The summed E-state index contributed by atoms with van der Waals surface area (Å²) in [4.78, 5) is 26.9. The highest BCUT2D eigenvalue weighted by Gasteiger charge is 2.29. The molecule has 0 aromatic heterocycles. The van der Waals surface area contributed by atoms with Crippen molar-refractivity contribution in [2.45, 2.75) is 25.4 Å². The highest BCUT2D eigenvalue weighted by Crippen LogP contribution is 2.21. The van der Waals surface area contributed by atoms with Gasteiger partial charge in [-0.2, -0.15) is 0 Å². The quantitative estimate of drug-likeness (QED) is 0.756. The van der Waals surface area contributed by atoms with E-state index in [0.29, 0.717) is 32.5 Å². The number of carbonyl (C=O) groups is 2. The number of nitrogens with one attached hydrogen (secondary N) is 1. The first-order valence-electron chi connectivity index (χ1n) is 9.58. The van der Waals surface area contributed by atoms with E-state index in [9.17, 15) is 9.59 Å². The van der Waals surface area contributed by atoms with E-state index in [1.165, 1.54) is 0 Å². The van der Waals surface area contributed by atoms with E-state index >= 15 is 0 Å². The van der Waals surface area contributed by atoms with E-state index in [4.69, 9.17) is 10.5 Å². The zero-order chi connectivity index (χ0) is 19.9. The summed E-state index contributed by atoms with van der Waals surface area (Å²) in [5.41, 5.74) is 7.95. The number of benzene rings is 2. The van der Waals surface area contributed by atoms with E-state index in [1.54, 1.807) is 12.0 Å². The van der Waals surface area contributed by atoms with Crippen LogP contribution in [0.2, 0.25) is 0 Å². The zero-order valence-electron chi connectivity index (χ0n) is 16.5. The van der Waals surface area contributed by atoms with Crippen LogP contribution >= 0.6 is 12.4 Å². The molecule has 3 rings (SSSR count). The van der Waals surface area contributed by atoms with Gasteiger partial charge in [-0.1, -0.05) is 42.5 Å². The first kappa shape index (κ1) is 22.7. The summed E-state index contributed by atoms with van der Waals surface area (Å²) in [7, 11) is 1.63. The lowest BCUT2D eigenvalue weighted by Crippen LogP contribution is -2.45. The molecule has 2 amide bonds. The second-order valence-corrected chi connectivity index (χ2v) is 7.05. The van der Waals surface area contributed by atoms with Crippen LogP contribution in [0.3, 0.4) is 0 Å². The molecule has 0 radical (unpaired) electrons. The Hall–Kier alpha value is -2.57. The monoisotopic (exact) mass is 417 g/mol. The van der Waals surface area contributed by atoms with Crippen molar-refractivity contribution < 1.29 is 14.3 Å². The molecule has 1 unspecified atom stereocenters. The van der Waals surface area contributed by atoms with Crippen LogP contribution in [0.15, 0.2) is 54.6 Å². The first-order chi connectivity index (χ1) is 13.6. The van der Waals surface area contributed by atoms with Gasteiger partial charge in [-0.05, 0) is 36.1 Å². The Morgan fingerprint density at radius 2 is 1.72 bits per heavy atom. The second-order valence-electron chi connectivity index (χ2n) is 7.05. The molecular formula is C22H28ClN3O3. The standard InChI is InChI=1S/C22H27N3O3.ClH/c1-28-19-9-7-16(8-10-19)15-24-21(26)18-11-13-25(14-12-18)22(27)20(23)17-5-3-2-4-6-17;/h2-10,18,20H,11-15,23H2,1H3,(H,24,26);1H. The number of likely N-dealkylation sites (tertiary alicyclic amines) is 1. The number of nitrogens with zero attached hydrogens (tertiary/aromatic N) is 1. The van der Waals surface area contributed by atoms with Crippen molar-refractivity contribution >= 4 is 24.2 Å². The van der Waals surface area contributed by atoms with Crippen molar-refractivity contribution in [1.29, 1.82) is 0 Å². The predicted molar refractivity (Wildman–Crippen MR) is 115 cm³/mol. The van der Waals surface area contributed by atoms with E-state index in [0.717, 1.165) is 16.9 Å². The summed E-state index contributed by atoms with van der Waals surface area (Å²) in [6, 6.07) is 16.4. The Morgan fingerprint density at radius 3 is 2.31 bits per heavy atom. The Morgan fingerprint density at radius 1 is 1.10 bits per heavy atom. The average Bonchev–Trinajstić information content (AvgIpc) is 2.77. The van der Waals surface area contributed by atoms with Gasteiger partial charge in [-0.25, -0.2) is 0 Å². The van der Waals surface area contributed by atoms with Gasteiger partial charge in [-0.15, -0.1) is 12.4 Å². The predicted octanol–water partition coefficient (Wildman–Crippen LogP) is 2.67. The summed E-state index contributed by atoms with van der Waals surface area (Å²) >= 11 is 0. The maximum absolute atomic E-state index is 12.6. The number of rotatable bonds is 6. The third-order valence-electron chi connectivity index (χ3n) is 5.23. The van der Waals surface area contributed by atoms with Crippen LogP contribution in [0, 0.1) is 5.92 Å². The van der Waals surface area contributed by atoms with Crippen LogP contribution in [0.5, 0.6) is 5.75 Å². The number of hydrogen-bond acceptors (Lipinski definition) is 4. The summed E-state index contributed by atoms with van der Waals surface area (Å²) in [5.74, 6) is 0.676. The zero-order valence-corrected chi connectivity index (χ0v) is 17.4. The van der Waals surface area contributed by atoms with Gasteiger partial charge in [0.05, 0.1) is 7.11 Å². The normalized spacial score (nSPS) is 15.2. The maximum atomic E-state index is 12.6. The molecule has 1 saturated heterocycles.